The van der Waals surface area contributed by atoms with Gasteiger partial charge in [-0.15, -0.1) is 0 Å². The van der Waals surface area contributed by atoms with Crippen molar-refractivity contribution < 1.29 is 89.1 Å². The Labute approximate surface area is 442 Å². The summed E-state index contributed by atoms with van der Waals surface area (Å²) < 4.78 is 116. The molecule has 0 bridgehead atoms. The predicted molar refractivity (Wildman–Crippen MR) is 274 cm³/mol. The molecule has 0 spiro atoms. The molecule has 1 aliphatic carbocycles. The number of hydrogen-bond acceptors (Lipinski definition) is 17. The second-order valence-corrected chi connectivity index (χ2v) is 16.5. The van der Waals surface area contributed by atoms with Crippen molar-refractivity contribution in [2.24, 2.45) is 0 Å². The molecule has 4 aromatic carbocycles. The van der Waals surface area contributed by atoms with Gasteiger partial charge in [0.05, 0.1) is 175 Å². The van der Waals surface area contributed by atoms with Crippen molar-refractivity contribution in [2.75, 3.05) is 184 Å². The summed E-state index contributed by atoms with van der Waals surface area (Å²) in [5.74, 6) is -0.613. The van der Waals surface area contributed by atoms with Crippen molar-refractivity contribution in [3.05, 3.63) is 119 Å². The molecule has 1 aliphatic rings. The fourth-order valence-corrected chi connectivity index (χ4v) is 7.37. The van der Waals surface area contributed by atoms with Crippen LogP contribution in [-0.4, -0.2) is 190 Å². The van der Waals surface area contributed by atoms with Gasteiger partial charge < -0.3 is 76.9 Å². The zero-order chi connectivity index (χ0) is 53.6. The maximum Gasteiger partial charge on any atom is 0.416 e. The Morgan fingerprint density at radius 3 is 1.24 bits per heavy atom. The molecule has 0 saturated heterocycles. The standard InChI is InChI=1S/C55H73F3N2O16/c56-55(57,58)44-8-7-9-45(42-44)60-52-15-6-5-14-50(52)53(61)75-41-40-74-39-38-73-37-36-72-35-34-71-33-32-70-31-30-69-29-28-68-27-26-67-25-24-66-23-22-65-21-20-64-19-18-63-17-16-59-54(62)76-43-51-48-12-3-1-10-46(48)47-11-2-4-13-49(47)51/h1-15,42,51,60H,16-41,43H2,(H,59,62). The summed E-state index contributed by atoms with van der Waals surface area (Å²) in [6, 6.07) is 27.6. The number of fused-ring (bicyclic) bond motifs is 3. The molecular weight excluding hydrogens is 1000 g/mol. The monoisotopic (exact) mass is 1070 g/mol. The second kappa shape index (κ2) is 38.3. The van der Waals surface area contributed by atoms with E-state index in [0.29, 0.717) is 158 Å². The first-order valence-corrected chi connectivity index (χ1v) is 25.5. The Hall–Kier alpha value is -5.27. The van der Waals surface area contributed by atoms with Crippen molar-refractivity contribution in [3.8, 4) is 11.1 Å². The summed E-state index contributed by atoms with van der Waals surface area (Å²) in [5.41, 5.74) is 4.61. The van der Waals surface area contributed by atoms with E-state index in [4.69, 9.17) is 66.3 Å². The summed E-state index contributed by atoms with van der Waals surface area (Å²) in [7, 11) is 0. The minimum absolute atomic E-state index is 0.0112. The van der Waals surface area contributed by atoms with E-state index in [2.05, 4.69) is 34.9 Å². The smallest absolute Gasteiger partial charge is 0.416 e. The molecule has 0 atom stereocenters. The number of hydrogen-bond donors (Lipinski definition) is 2. The zero-order valence-corrected chi connectivity index (χ0v) is 43.1. The van der Waals surface area contributed by atoms with Crippen LogP contribution in [0.2, 0.25) is 0 Å². The molecule has 1 amide bonds. The lowest BCUT2D eigenvalue weighted by atomic mass is 9.98. The molecule has 76 heavy (non-hydrogen) atoms. The van der Waals surface area contributed by atoms with Crippen LogP contribution in [0.5, 0.6) is 0 Å². The van der Waals surface area contributed by atoms with Gasteiger partial charge in [0.2, 0.25) is 0 Å². The van der Waals surface area contributed by atoms with E-state index in [0.717, 1.165) is 12.1 Å². The van der Waals surface area contributed by atoms with Crippen LogP contribution >= 0.6 is 0 Å². The number of alkyl halides is 3. The van der Waals surface area contributed by atoms with Gasteiger partial charge in [0.1, 0.15) is 13.2 Å². The number of halogens is 3. The van der Waals surface area contributed by atoms with Crippen LogP contribution < -0.4 is 10.6 Å². The third-order valence-corrected chi connectivity index (χ3v) is 11.0. The predicted octanol–water partition coefficient (Wildman–Crippen LogP) is 7.34. The van der Waals surface area contributed by atoms with Crippen LogP contribution in [0.1, 0.15) is 33.0 Å². The molecule has 0 unspecified atom stereocenters. The van der Waals surface area contributed by atoms with Crippen molar-refractivity contribution >= 4 is 23.4 Å². The summed E-state index contributed by atoms with van der Waals surface area (Å²) >= 11 is 0. The van der Waals surface area contributed by atoms with E-state index in [1.54, 1.807) is 18.2 Å². The highest BCUT2D eigenvalue weighted by Crippen LogP contribution is 2.44. The van der Waals surface area contributed by atoms with Gasteiger partial charge in [-0.3, -0.25) is 0 Å². The Morgan fingerprint density at radius 1 is 0.421 bits per heavy atom. The molecule has 5 rings (SSSR count). The second-order valence-electron chi connectivity index (χ2n) is 16.5. The summed E-state index contributed by atoms with van der Waals surface area (Å²) in [4.78, 5) is 24.9. The minimum atomic E-state index is -4.49. The van der Waals surface area contributed by atoms with Crippen LogP contribution in [-0.2, 0) is 72.5 Å². The maximum atomic E-state index is 13.1. The van der Waals surface area contributed by atoms with Crippen LogP contribution in [0, 0.1) is 0 Å². The average molecular weight is 1080 g/mol. The molecule has 4 aromatic rings. The summed E-state index contributed by atoms with van der Waals surface area (Å²) in [6.45, 7) is 10.4. The summed E-state index contributed by atoms with van der Waals surface area (Å²) in [5, 5.41) is 5.60. The van der Waals surface area contributed by atoms with Gasteiger partial charge in [0.25, 0.3) is 0 Å². The van der Waals surface area contributed by atoms with E-state index >= 15 is 0 Å². The topological polar surface area (TPSA) is 187 Å². The first-order valence-electron chi connectivity index (χ1n) is 25.5. The molecule has 0 fully saturated rings. The van der Waals surface area contributed by atoms with E-state index in [1.807, 2.05) is 24.3 Å². The molecular formula is C55H73F3N2O16. The SMILES string of the molecule is O=C(NCCOCCOCCOCCOCCOCCOCCOCCOCCOCCOCCOCCOCCOC(=O)c1ccccc1Nc1cccc(C(F)(F)F)c1)OCC1c2ccccc2-c2ccccc21. The van der Waals surface area contributed by atoms with Crippen LogP contribution in [0.25, 0.3) is 11.1 Å². The molecule has 0 aromatic heterocycles. The van der Waals surface area contributed by atoms with Gasteiger partial charge in [-0.1, -0.05) is 66.7 Å². The van der Waals surface area contributed by atoms with Gasteiger partial charge in [-0.25, -0.2) is 9.59 Å². The Balaban J connectivity index is 0.665. The third kappa shape index (κ3) is 25.3. The molecule has 21 heteroatoms. The lowest BCUT2D eigenvalue weighted by Crippen LogP contribution is -2.29. The molecule has 420 valence electrons. The van der Waals surface area contributed by atoms with Crippen LogP contribution in [0.15, 0.2) is 97.1 Å². The molecule has 0 radical (unpaired) electrons. The normalized spacial score (nSPS) is 12.1. The van der Waals surface area contributed by atoms with Gasteiger partial charge >= 0.3 is 18.2 Å². The number of nitrogens with one attached hydrogen (secondary N) is 2. The quantitative estimate of drug-likeness (QED) is 0.0331. The number of benzene rings is 4. The van der Waals surface area contributed by atoms with Gasteiger partial charge in [-0.2, -0.15) is 13.2 Å². The average Bonchev–Trinajstić information content (AvgIpc) is 3.76. The number of ether oxygens (including phenoxy) is 14. The maximum absolute atomic E-state index is 13.1. The minimum Gasteiger partial charge on any atom is -0.460 e. The van der Waals surface area contributed by atoms with Crippen LogP contribution in [0.3, 0.4) is 0 Å². The zero-order valence-electron chi connectivity index (χ0n) is 43.1. The fourth-order valence-electron chi connectivity index (χ4n) is 7.37. The van der Waals surface area contributed by atoms with E-state index in [-0.39, 0.29) is 43.6 Å². The Bertz CT molecular complexity index is 2140. The first-order chi connectivity index (χ1) is 37.3. The van der Waals surface area contributed by atoms with Crippen molar-refractivity contribution in [1.82, 2.24) is 5.32 Å². The number of rotatable bonds is 44. The van der Waals surface area contributed by atoms with Gasteiger partial charge in [-0.05, 0) is 52.6 Å². The first kappa shape index (κ1) is 61.6. The number of para-hydroxylation sites is 1. The number of carbonyl (C=O) groups excluding carboxylic acids is 2. The molecule has 0 heterocycles. The highest BCUT2D eigenvalue weighted by atomic mass is 19.4. The highest BCUT2D eigenvalue weighted by molar-refractivity contribution is 5.96. The van der Waals surface area contributed by atoms with E-state index in [1.165, 1.54) is 40.5 Å². The fraction of sp³-hybridized carbons (Fsp3) is 0.527. The third-order valence-electron chi connectivity index (χ3n) is 11.0. The van der Waals surface area contributed by atoms with E-state index in [9.17, 15) is 22.8 Å². The van der Waals surface area contributed by atoms with Crippen molar-refractivity contribution in [1.29, 1.82) is 0 Å². The number of amides is 1. The molecule has 18 nitrogen and oxygen atoms in total. The largest absolute Gasteiger partial charge is 0.460 e. The van der Waals surface area contributed by atoms with Crippen molar-refractivity contribution in [2.45, 2.75) is 12.1 Å². The highest BCUT2D eigenvalue weighted by Gasteiger charge is 2.31. The van der Waals surface area contributed by atoms with Crippen LogP contribution in [0.4, 0.5) is 29.3 Å². The van der Waals surface area contributed by atoms with E-state index < -0.39 is 23.8 Å². The Kier molecular flexibility index (Phi) is 31.0. The molecule has 2 N–H and O–H groups in total. The number of anilines is 2. The lowest BCUT2D eigenvalue weighted by molar-refractivity contribution is -0.137. The molecule has 0 saturated carbocycles. The number of alkyl carbamates (subject to hydrolysis) is 1. The Morgan fingerprint density at radius 2 is 0.803 bits per heavy atom. The summed E-state index contributed by atoms with van der Waals surface area (Å²) in [6.07, 6.45) is -4.95. The number of esters is 1. The van der Waals surface area contributed by atoms with Gasteiger partial charge in [0, 0.05) is 18.2 Å². The lowest BCUT2D eigenvalue weighted by Gasteiger charge is -2.14. The van der Waals surface area contributed by atoms with Gasteiger partial charge in [0.15, 0.2) is 0 Å². The molecule has 0 aliphatic heterocycles. The number of carbonyl (C=O) groups is 2. The van der Waals surface area contributed by atoms with Crippen molar-refractivity contribution in [3.63, 3.8) is 0 Å².